The minimum Gasteiger partial charge on any atom is -0.352 e. The fourth-order valence-electron chi connectivity index (χ4n) is 3.56. The Morgan fingerprint density at radius 1 is 0.900 bits per heavy atom. The summed E-state index contributed by atoms with van der Waals surface area (Å²) < 4.78 is 1.91. The predicted molar refractivity (Wildman–Crippen MR) is 120 cm³/mol. The number of carbonyl (C=O) groups excluding carboxylic acids is 1. The van der Waals surface area contributed by atoms with Crippen molar-refractivity contribution in [3.63, 3.8) is 0 Å². The van der Waals surface area contributed by atoms with Crippen LogP contribution in [0.4, 0.5) is 0 Å². The van der Waals surface area contributed by atoms with Crippen LogP contribution in [0.3, 0.4) is 0 Å². The number of hydrogen-bond acceptors (Lipinski definition) is 2. The lowest BCUT2D eigenvalue weighted by molar-refractivity contribution is -0.120. The molecular formula is C26H25N3O. The molecule has 0 saturated heterocycles. The van der Waals surface area contributed by atoms with Crippen molar-refractivity contribution < 1.29 is 4.79 Å². The summed E-state index contributed by atoms with van der Waals surface area (Å²) in [6.07, 6.45) is 4.15. The van der Waals surface area contributed by atoms with Crippen molar-refractivity contribution in [2.24, 2.45) is 0 Å². The molecule has 0 bridgehead atoms. The quantitative estimate of drug-likeness (QED) is 0.490. The Hall–Kier alpha value is -3.66. The molecule has 0 fully saturated rings. The van der Waals surface area contributed by atoms with Crippen LogP contribution in [0.5, 0.6) is 0 Å². The molecule has 1 heterocycles. The molecule has 4 heteroatoms. The second kappa shape index (κ2) is 9.23. The number of aromatic nitrogens is 2. The number of nitrogens with zero attached hydrogens (tertiary/aromatic N) is 2. The number of rotatable bonds is 7. The van der Waals surface area contributed by atoms with E-state index < -0.39 is 0 Å². The first-order valence-corrected chi connectivity index (χ1v) is 10.1. The maximum atomic E-state index is 12.5. The number of carbonyl (C=O) groups is 1. The SMILES string of the molecule is Cc1ccccc1CC(=O)NCc1ccccc1-c1ccc(Cn2cccn2)cc1. The van der Waals surface area contributed by atoms with Gasteiger partial charge in [-0.2, -0.15) is 5.10 Å². The van der Waals surface area contributed by atoms with Gasteiger partial charge in [0.05, 0.1) is 13.0 Å². The average molecular weight is 396 g/mol. The molecule has 0 aliphatic rings. The summed E-state index contributed by atoms with van der Waals surface area (Å²) in [5.41, 5.74) is 6.79. The summed E-state index contributed by atoms with van der Waals surface area (Å²) in [6, 6.07) is 26.7. The van der Waals surface area contributed by atoms with E-state index in [2.05, 4.69) is 46.8 Å². The molecular weight excluding hydrogens is 370 g/mol. The first kappa shape index (κ1) is 19.6. The van der Waals surface area contributed by atoms with Crippen molar-refractivity contribution in [1.82, 2.24) is 15.1 Å². The Balaban J connectivity index is 1.43. The van der Waals surface area contributed by atoms with E-state index in [-0.39, 0.29) is 5.91 Å². The first-order valence-electron chi connectivity index (χ1n) is 10.1. The Morgan fingerprint density at radius 2 is 1.63 bits per heavy atom. The van der Waals surface area contributed by atoms with E-state index in [9.17, 15) is 4.79 Å². The van der Waals surface area contributed by atoms with Crippen molar-refractivity contribution in [2.45, 2.75) is 26.4 Å². The first-order chi connectivity index (χ1) is 14.7. The van der Waals surface area contributed by atoms with E-state index in [1.165, 1.54) is 5.56 Å². The van der Waals surface area contributed by atoms with Gasteiger partial charge in [-0.3, -0.25) is 9.48 Å². The number of nitrogens with one attached hydrogen (secondary N) is 1. The van der Waals surface area contributed by atoms with Crippen LogP contribution in [0.15, 0.2) is 91.3 Å². The molecule has 150 valence electrons. The lowest BCUT2D eigenvalue weighted by Gasteiger charge is -2.12. The van der Waals surface area contributed by atoms with E-state index in [1.54, 1.807) is 6.20 Å². The summed E-state index contributed by atoms with van der Waals surface area (Å²) in [6.45, 7) is 3.30. The standard InChI is InChI=1S/C26H25N3O/c1-20-7-2-3-8-23(20)17-26(30)27-18-24-9-4-5-10-25(24)22-13-11-21(12-14-22)19-29-16-6-15-28-29/h2-16H,17-19H2,1H3,(H,27,30). The Labute approximate surface area is 177 Å². The highest BCUT2D eigenvalue weighted by Gasteiger charge is 2.09. The summed E-state index contributed by atoms with van der Waals surface area (Å²) in [5.74, 6) is 0.0358. The van der Waals surface area contributed by atoms with Gasteiger partial charge in [-0.1, -0.05) is 72.8 Å². The zero-order valence-corrected chi connectivity index (χ0v) is 17.1. The third-order valence-corrected chi connectivity index (χ3v) is 5.27. The van der Waals surface area contributed by atoms with E-state index in [0.29, 0.717) is 13.0 Å². The molecule has 0 unspecified atom stereocenters. The molecule has 30 heavy (non-hydrogen) atoms. The normalized spacial score (nSPS) is 10.7. The van der Waals surface area contributed by atoms with Gasteiger partial charge in [-0.05, 0) is 46.4 Å². The third kappa shape index (κ3) is 4.84. The van der Waals surface area contributed by atoms with E-state index in [1.807, 2.05) is 60.3 Å². The van der Waals surface area contributed by atoms with Crippen LogP contribution in [0.2, 0.25) is 0 Å². The predicted octanol–water partition coefficient (Wildman–Crippen LogP) is 4.77. The molecule has 4 aromatic rings. The molecule has 1 N–H and O–H groups in total. The molecule has 0 aliphatic heterocycles. The Kier molecular flexibility index (Phi) is 6.04. The van der Waals surface area contributed by atoms with Crippen molar-refractivity contribution in [2.75, 3.05) is 0 Å². The molecule has 0 spiro atoms. The van der Waals surface area contributed by atoms with Crippen LogP contribution in [0.1, 0.15) is 22.3 Å². The summed E-state index contributed by atoms with van der Waals surface area (Å²) in [7, 11) is 0. The average Bonchev–Trinajstić information content (AvgIpc) is 3.28. The van der Waals surface area contributed by atoms with Gasteiger partial charge in [0.15, 0.2) is 0 Å². The molecule has 0 atom stereocenters. The maximum Gasteiger partial charge on any atom is 0.224 e. The number of benzene rings is 3. The fourth-order valence-corrected chi connectivity index (χ4v) is 3.56. The Bertz CT molecular complexity index is 1120. The number of hydrogen-bond donors (Lipinski definition) is 1. The molecule has 0 aliphatic carbocycles. The molecule has 4 nitrogen and oxygen atoms in total. The minimum absolute atomic E-state index is 0.0358. The highest BCUT2D eigenvalue weighted by atomic mass is 16.1. The summed E-state index contributed by atoms with van der Waals surface area (Å²) in [4.78, 5) is 12.5. The van der Waals surface area contributed by atoms with Crippen LogP contribution in [-0.4, -0.2) is 15.7 Å². The van der Waals surface area contributed by atoms with E-state index in [4.69, 9.17) is 0 Å². The van der Waals surface area contributed by atoms with Crippen LogP contribution in [0, 0.1) is 6.92 Å². The van der Waals surface area contributed by atoms with E-state index in [0.717, 1.165) is 34.4 Å². The van der Waals surface area contributed by atoms with Crippen molar-refractivity contribution in [3.05, 3.63) is 114 Å². The molecule has 1 aromatic heterocycles. The Morgan fingerprint density at radius 3 is 2.37 bits per heavy atom. The number of aryl methyl sites for hydroxylation is 1. The third-order valence-electron chi connectivity index (χ3n) is 5.27. The van der Waals surface area contributed by atoms with Gasteiger partial charge in [-0.25, -0.2) is 0 Å². The lowest BCUT2D eigenvalue weighted by atomic mass is 9.98. The molecule has 3 aromatic carbocycles. The summed E-state index contributed by atoms with van der Waals surface area (Å²) in [5, 5.41) is 7.33. The smallest absolute Gasteiger partial charge is 0.224 e. The molecule has 1 amide bonds. The minimum atomic E-state index is 0.0358. The lowest BCUT2D eigenvalue weighted by Crippen LogP contribution is -2.25. The second-order valence-corrected chi connectivity index (χ2v) is 7.44. The van der Waals surface area contributed by atoms with Gasteiger partial charge in [-0.15, -0.1) is 0 Å². The monoisotopic (exact) mass is 395 g/mol. The van der Waals surface area contributed by atoms with Crippen molar-refractivity contribution >= 4 is 5.91 Å². The van der Waals surface area contributed by atoms with Gasteiger partial charge in [0.2, 0.25) is 5.91 Å². The van der Waals surface area contributed by atoms with E-state index >= 15 is 0 Å². The largest absolute Gasteiger partial charge is 0.352 e. The zero-order chi connectivity index (χ0) is 20.8. The highest BCUT2D eigenvalue weighted by Crippen LogP contribution is 2.24. The van der Waals surface area contributed by atoms with Gasteiger partial charge >= 0.3 is 0 Å². The second-order valence-electron chi connectivity index (χ2n) is 7.44. The van der Waals surface area contributed by atoms with Gasteiger partial charge in [0.1, 0.15) is 0 Å². The van der Waals surface area contributed by atoms with Gasteiger partial charge in [0, 0.05) is 18.9 Å². The molecule has 0 saturated carbocycles. The van der Waals surface area contributed by atoms with Crippen LogP contribution >= 0.6 is 0 Å². The molecule has 4 rings (SSSR count). The molecule has 0 radical (unpaired) electrons. The zero-order valence-electron chi connectivity index (χ0n) is 17.1. The maximum absolute atomic E-state index is 12.5. The number of amides is 1. The van der Waals surface area contributed by atoms with Crippen molar-refractivity contribution in [3.8, 4) is 11.1 Å². The highest BCUT2D eigenvalue weighted by molar-refractivity contribution is 5.79. The fraction of sp³-hybridized carbons (Fsp3) is 0.154. The van der Waals surface area contributed by atoms with Crippen LogP contribution in [-0.2, 0) is 24.3 Å². The van der Waals surface area contributed by atoms with Crippen LogP contribution < -0.4 is 5.32 Å². The van der Waals surface area contributed by atoms with Crippen LogP contribution in [0.25, 0.3) is 11.1 Å². The summed E-state index contributed by atoms with van der Waals surface area (Å²) >= 11 is 0. The topological polar surface area (TPSA) is 46.9 Å². The van der Waals surface area contributed by atoms with Crippen molar-refractivity contribution in [1.29, 1.82) is 0 Å². The van der Waals surface area contributed by atoms with Gasteiger partial charge < -0.3 is 5.32 Å². The van der Waals surface area contributed by atoms with Gasteiger partial charge in [0.25, 0.3) is 0 Å².